The number of aromatic nitrogens is 2. The van der Waals surface area contributed by atoms with Crippen molar-refractivity contribution in [3.63, 3.8) is 0 Å². The van der Waals surface area contributed by atoms with Gasteiger partial charge in [-0.3, -0.25) is 14.2 Å². The quantitative estimate of drug-likeness (QED) is 0.799. The van der Waals surface area contributed by atoms with E-state index in [9.17, 15) is 9.59 Å². The van der Waals surface area contributed by atoms with E-state index in [-0.39, 0.29) is 17.9 Å². The van der Waals surface area contributed by atoms with Gasteiger partial charge < -0.3 is 11.1 Å². The van der Waals surface area contributed by atoms with E-state index in [1.165, 1.54) is 10.9 Å². The second-order valence-electron chi connectivity index (χ2n) is 5.11. The van der Waals surface area contributed by atoms with Crippen molar-refractivity contribution in [2.24, 2.45) is 0 Å². The van der Waals surface area contributed by atoms with Gasteiger partial charge in [0, 0.05) is 24.7 Å². The molecule has 1 fully saturated rings. The van der Waals surface area contributed by atoms with Gasteiger partial charge in [0.1, 0.15) is 0 Å². The fourth-order valence-electron chi connectivity index (χ4n) is 2.09. The van der Waals surface area contributed by atoms with Crippen LogP contribution in [0.3, 0.4) is 0 Å². The van der Waals surface area contributed by atoms with Crippen molar-refractivity contribution in [2.45, 2.75) is 31.8 Å². The summed E-state index contributed by atoms with van der Waals surface area (Å²) in [4.78, 5) is 28.1. The van der Waals surface area contributed by atoms with Crippen LogP contribution in [0, 0.1) is 0 Å². The van der Waals surface area contributed by atoms with Crippen LogP contribution in [0.25, 0.3) is 10.9 Å². The van der Waals surface area contributed by atoms with Crippen LogP contribution in [0.4, 0.5) is 5.69 Å². The minimum Gasteiger partial charge on any atom is -0.399 e. The number of nitrogens with one attached hydrogen (secondary N) is 1. The van der Waals surface area contributed by atoms with Gasteiger partial charge in [-0.25, -0.2) is 4.98 Å². The van der Waals surface area contributed by atoms with E-state index in [4.69, 9.17) is 5.73 Å². The number of hydrogen-bond acceptors (Lipinski definition) is 4. The first-order valence-electron chi connectivity index (χ1n) is 6.67. The van der Waals surface area contributed by atoms with E-state index in [0.29, 0.717) is 29.2 Å². The topological polar surface area (TPSA) is 90.0 Å². The Morgan fingerprint density at radius 3 is 3.00 bits per heavy atom. The molecule has 20 heavy (non-hydrogen) atoms. The number of nitrogen functional groups attached to an aromatic ring is 1. The molecule has 6 nitrogen and oxygen atoms in total. The number of nitrogens with two attached hydrogens (primary N) is 1. The number of nitrogens with zero attached hydrogens (tertiary/aromatic N) is 2. The smallest absolute Gasteiger partial charge is 0.261 e. The highest BCUT2D eigenvalue weighted by molar-refractivity contribution is 5.80. The largest absolute Gasteiger partial charge is 0.399 e. The minimum absolute atomic E-state index is 0.0212. The molecular formula is C14H16N4O2. The highest BCUT2D eigenvalue weighted by Crippen LogP contribution is 2.18. The molecule has 1 aliphatic rings. The zero-order valence-electron chi connectivity index (χ0n) is 11.0. The predicted octanol–water partition coefficient (Wildman–Crippen LogP) is 0.647. The molecule has 1 aromatic heterocycles. The lowest BCUT2D eigenvalue weighted by Gasteiger charge is -2.07. The molecule has 0 bridgehead atoms. The molecule has 3 N–H and O–H groups in total. The Bertz CT molecular complexity index is 719. The second-order valence-corrected chi connectivity index (χ2v) is 5.11. The summed E-state index contributed by atoms with van der Waals surface area (Å²) in [6.45, 7) is 0.328. The number of benzene rings is 1. The van der Waals surface area contributed by atoms with Gasteiger partial charge >= 0.3 is 0 Å². The molecule has 1 aromatic carbocycles. The monoisotopic (exact) mass is 272 g/mol. The minimum atomic E-state index is -0.165. The second kappa shape index (κ2) is 4.96. The van der Waals surface area contributed by atoms with Crippen molar-refractivity contribution in [2.75, 3.05) is 5.73 Å². The van der Waals surface area contributed by atoms with Gasteiger partial charge in [0.2, 0.25) is 5.91 Å². The summed E-state index contributed by atoms with van der Waals surface area (Å²) >= 11 is 0. The fourth-order valence-corrected chi connectivity index (χ4v) is 2.09. The third-order valence-electron chi connectivity index (χ3n) is 3.37. The van der Waals surface area contributed by atoms with Gasteiger partial charge in [-0.05, 0) is 31.0 Å². The third-order valence-corrected chi connectivity index (χ3v) is 3.37. The van der Waals surface area contributed by atoms with Crippen LogP contribution in [0.15, 0.2) is 29.3 Å². The first kappa shape index (κ1) is 12.7. The summed E-state index contributed by atoms with van der Waals surface area (Å²) in [6, 6.07) is 5.39. The molecular weight excluding hydrogens is 256 g/mol. The number of amides is 1. The van der Waals surface area contributed by atoms with Crippen molar-refractivity contribution in [3.05, 3.63) is 34.9 Å². The van der Waals surface area contributed by atoms with Crippen molar-refractivity contribution in [1.29, 1.82) is 0 Å². The van der Waals surface area contributed by atoms with E-state index in [1.807, 2.05) is 0 Å². The lowest BCUT2D eigenvalue weighted by Crippen LogP contribution is -2.28. The van der Waals surface area contributed by atoms with Gasteiger partial charge in [-0.15, -0.1) is 0 Å². The molecule has 6 heteroatoms. The van der Waals surface area contributed by atoms with Crippen molar-refractivity contribution < 1.29 is 4.79 Å². The molecule has 1 heterocycles. The normalized spacial score (nSPS) is 14.4. The van der Waals surface area contributed by atoms with E-state index in [2.05, 4.69) is 10.3 Å². The molecule has 0 unspecified atom stereocenters. The molecule has 2 aromatic rings. The van der Waals surface area contributed by atoms with Crippen LogP contribution in [0.1, 0.15) is 19.3 Å². The van der Waals surface area contributed by atoms with Gasteiger partial charge in [0.25, 0.3) is 5.56 Å². The highest BCUT2D eigenvalue weighted by Gasteiger charge is 2.22. The predicted molar refractivity (Wildman–Crippen MR) is 76.2 cm³/mol. The molecule has 1 amide bonds. The van der Waals surface area contributed by atoms with Crippen molar-refractivity contribution >= 4 is 22.5 Å². The maximum Gasteiger partial charge on any atom is 0.261 e. The average Bonchev–Trinajstić information content (AvgIpc) is 3.22. The molecule has 1 saturated carbocycles. The Morgan fingerprint density at radius 1 is 1.45 bits per heavy atom. The summed E-state index contributed by atoms with van der Waals surface area (Å²) in [5.41, 5.74) is 6.66. The van der Waals surface area contributed by atoms with Gasteiger partial charge in [0.15, 0.2) is 0 Å². The number of anilines is 1. The van der Waals surface area contributed by atoms with E-state index >= 15 is 0 Å². The third kappa shape index (κ3) is 2.64. The lowest BCUT2D eigenvalue weighted by molar-refractivity contribution is -0.121. The SMILES string of the molecule is Nc1ccc2ncn(CCC(=O)NC3CC3)c(=O)c2c1. The van der Waals surface area contributed by atoms with E-state index < -0.39 is 0 Å². The van der Waals surface area contributed by atoms with Gasteiger partial charge in [-0.1, -0.05) is 0 Å². The number of aryl methyl sites for hydroxylation is 1. The summed E-state index contributed by atoms with van der Waals surface area (Å²) in [5.74, 6) is -0.0212. The Balaban J connectivity index is 1.79. The zero-order valence-corrected chi connectivity index (χ0v) is 11.0. The summed E-state index contributed by atoms with van der Waals surface area (Å²) in [5, 5.41) is 3.38. The Kier molecular flexibility index (Phi) is 3.14. The van der Waals surface area contributed by atoms with Crippen LogP contribution >= 0.6 is 0 Å². The molecule has 0 radical (unpaired) electrons. The zero-order chi connectivity index (χ0) is 14.1. The molecule has 0 spiro atoms. The molecule has 1 aliphatic carbocycles. The lowest BCUT2D eigenvalue weighted by atomic mass is 10.2. The number of fused-ring (bicyclic) bond motifs is 1. The van der Waals surface area contributed by atoms with Crippen LogP contribution in [0.5, 0.6) is 0 Å². The molecule has 0 atom stereocenters. The number of carbonyl (C=O) groups excluding carboxylic acids is 1. The van der Waals surface area contributed by atoms with Crippen LogP contribution in [-0.4, -0.2) is 21.5 Å². The summed E-state index contributed by atoms with van der Waals surface area (Å²) in [7, 11) is 0. The Labute approximate surface area is 115 Å². The van der Waals surface area contributed by atoms with Gasteiger partial charge in [-0.2, -0.15) is 0 Å². The highest BCUT2D eigenvalue weighted by atomic mass is 16.2. The summed E-state index contributed by atoms with van der Waals surface area (Å²) in [6.07, 6.45) is 3.88. The maximum absolute atomic E-state index is 12.3. The Hall–Kier alpha value is -2.37. The van der Waals surface area contributed by atoms with Crippen LogP contribution in [0.2, 0.25) is 0 Å². The standard InChI is InChI=1S/C14H16N4O2/c15-9-1-4-12-11(7-9)14(20)18(8-16-12)6-5-13(19)17-10-2-3-10/h1,4,7-8,10H,2-3,5-6,15H2,(H,17,19). The van der Waals surface area contributed by atoms with Crippen molar-refractivity contribution in [3.8, 4) is 0 Å². The fraction of sp³-hybridized carbons (Fsp3) is 0.357. The maximum atomic E-state index is 12.3. The average molecular weight is 272 g/mol. The molecule has 3 rings (SSSR count). The molecule has 104 valence electrons. The Morgan fingerprint density at radius 2 is 2.25 bits per heavy atom. The van der Waals surface area contributed by atoms with Crippen LogP contribution < -0.4 is 16.6 Å². The first-order chi connectivity index (χ1) is 9.63. The summed E-state index contributed by atoms with van der Waals surface area (Å²) < 4.78 is 1.45. The van der Waals surface area contributed by atoms with Crippen molar-refractivity contribution in [1.82, 2.24) is 14.9 Å². The van der Waals surface area contributed by atoms with E-state index in [1.54, 1.807) is 18.2 Å². The molecule has 0 saturated heterocycles. The molecule has 0 aliphatic heterocycles. The number of hydrogen-bond donors (Lipinski definition) is 2. The number of rotatable bonds is 4. The van der Waals surface area contributed by atoms with Gasteiger partial charge in [0.05, 0.1) is 17.2 Å². The first-order valence-corrected chi connectivity index (χ1v) is 6.67. The van der Waals surface area contributed by atoms with Crippen LogP contribution in [-0.2, 0) is 11.3 Å². The number of carbonyl (C=O) groups is 1. The van der Waals surface area contributed by atoms with E-state index in [0.717, 1.165) is 12.8 Å².